The zero-order chi connectivity index (χ0) is 54.1. The molecule has 0 saturated carbocycles. The van der Waals surface area contributed by atoms with Gasteiger partial charge in [0.2, 0.25) is 29.5 Å². The summed E-state index contributed by atoms with van der Waals surface area (Å²) in [6.07, 6.45) is 0.489. The van der Waals surface area contributed by atoms with E-state index in [4.69, 9.17) is 20.9 Å². The van der Waals surface area contributed by atoms with Crippen LogP contribution in [-0.2, 0) is 59.4 Å². The number of ketones is 1. The topological polar surface area (TPSA) is 269 Å². The maximum atomic E-state index is 15.3. The predicted octanol–water partition coefficient (Wildman–Crippen LogP) is 4.25. The van der Waals surface area contributed by atoms with Crippen molar-refractivity contribution in [3.05, 3.63) is 174 Å². The largest absolute Gasteiger partial charge is 0.489 e. The number of aromatic nitrogens is 1. The van der Waals surface area contributed by atoms with Gasteiger partial charge in [-0.2, -0.15) is 0 Å². The highest BCUT2D eigenvalue weighted by Crippen LogP contribution is 2.30. The smallest absolute Gasteiger partial charge is 0.407 e. The van der Waals surface area contributed by atoms with Crippen molar-refractivity contribution >= 4 is 52.3 Å². The van der Waals surface area contributed by atoms with Crippen LogP contribution in [0, 0.1) is 0 Å². The third-order valence-electron chi connectivity index (χ3n) is 14.0. The standard InChI is InChI=1S/C59H67N9O9/c60-27-13-12-22-48-55(71)66-49(30-39-23-25-40(26-24-39)37-76-43-18-8-3-9-19-43)56(72)67-51(31-38-14-4-1-5-15-38)58(74)68-36-44(77-59(75)62-29-28-61)33-52(68)53(69)34-46(41-16-6-2-7-17-41)54(70)65-50(57(73)64-48)32-42-35-63-47-21-11-10-20-45(42)47/h1-11,14-21,23-26,35,44,46,48-52,63H,12-13,22,27-34,36-37,60-61H2,(H,62,75)(H,64,73)(H,65,70)(H,66,71)(H,67,72)/t44-,46+,48+,49+,50-,51+,52+/m1/s1. The van der Waals surface area contributed by atoms with Crippen LogP contribution in [-0.4, -0.2) is 114 Å². The number of unbranched alkanes of at least 4 members (excludes halogenated alkanes) is 1. The van der Waals surface area contributed by atoms with Crippen molar-refractivity contribution in [1.82, 2.24) is 36.5 Å². The molecule has 402 valence electrons. The van der Waals surface area contributed by atoms with Crippen LogP contribution in [0.5, 0.6) is 5.75 Å². The number of nitrogens with zero attached hydrogens (tertiary/aromatic N) is 1. The Balaban J connectivity index is 1.19. The number of nitrogens with one attached hydrogen (secondary N) is 6. The molecule has 2 aliphatic rings. The van der Waals surface area contributed by atoms with Crippen molar-refractivity contribution in [2.75, 3.05) is 26.2 Å². The van der Waals surface area contributed by atoms with Crippen LogP contribution in [0.15, 0.2) is 146 Å². The third kappa shape index (κ3) is 15.0. The number of hydrogen-bond acceptors (Lipinski definition) is 11. The molecule has 18 heteroatoms. The predicted molar refractivity (Wildman–Crippen MR) is 290 cm³/mol. The number of amides is 6. The lowest BCUT2D eigenvalue weighted by Gasteiger charge is -2.31. The summed E-state index contributed by atoms with van der Waals surface area (Å²) in [5, 5.41) is 15.2. The van der Waals surface area contributed by atoms with Gasteiger partial charge in [0, 0.05) is 62.3 Å². The van der Waals surface area contributed by atoms with Crippen molar-refractivity contribution in [2.24, 2.45) is 11.5 Å². The van der Waals surface area contributed by atoms with Crippen LogP contribution < -0.4 is 42.8 Å². The fraction of sp³-hybridized carbons (Fsp3) is 0.339. The summed E-state index contributed by atoms with van der Waals surface area (Å²) in [5.41, 5.74) is 15.7. The number of carbonyl (C=O) groups is 7. The second-order valence-corrected chi connectivity index (χ2v) is 19.5. The quantitative estimate of drug-likeness (QED) is 0.0599. The molecule has 0 unspecified atom stereocenters. The Kier molecular flexibility index (Phi) is 19.2. The lowest BCUT2D eigenvalue weighted by molar-refractivity contribution is -0.142. The van der Waals surface area contributed by atoms with Gasteiger partial charge in [-0.05, 0) is 71.8 Å². The zero-order valence-corrected chi connectivity index (χ0v) is 42.9. The molecule has 6 aromatic rings. The molecule has 10 N–H and O–H groups in total. The number of H-pyrrole nitrogens is 1. The normalized spacial score (nSPS) is 21.7. The Labute approximate surface area is 447 Å². The molecule has 0 spiro atoms. The second-order valence-electron chi connectivity index (χ2n) is 19.5. The third-order valence-corrected chi connectivity index (χ3v) is 14.0. The van der Waals surface area contributed by atoms with E-state index in [-0.39, 0.29) is 58.3 Å². The number of rotatable bonds is 17. The summed E-state index contributed by atoms with van der Waals surface area (Å²) in [6, 6.07) is 35.6. The highest BCUT2D eigenvalue weighted by Gasteiger charge is 2.45. The number of carbonyl (C=O) groups excluding carboxylic acids is 7. The van der Waals surface area contributed by atoms with E-state index in [0.717, 1.165) is 16.5 Å². The minimum atomic E-state index is -1.31. The van der Waals surface area contributed by atoms with Crippen LogP contribution in [0.25, 0.3) is 10.9 Å². The number of nitrogens with two attached hydrogens (primary N) is 2. The van der Waals surface area contributed by atoms with Crippen LogP contribution in [0.3, 0.4) is 0 Å². The van der Waals surface area contributed by atoms with Crippen LogP contribution >= 0.6 is 0 Å². The average Bonchev–Trinajstić information content (AvgIpc) is 4.08. The van der Waals surface area contributed by atoms with E-state index in [1.54, 1.807) is 60.8 Å². The maximum Gasteiger partial charge on any atom is 0.407 e. The highest BCUT2D eigenvalue weighted by atomic mass is 16.6. The number of hydrogen-bond donors (Lipinski definition) is 8. The van der Waals surface area contributed by atoms with E-state index >= 15 is 14.4 Å². The molecular weight excluding hydrogens is 979 g/mol. The molecule has 0 bridgehead atoms. The Morgan fingerprint density at radius 1 is 0.610 bits per heavy atom. The van der Waals surface area contributed by atoms with E-state index in [2.05, 4.69) is 31.6 Å². The molecular formula is C59H67N9O9. The summed E-state index contributed by atoms with van der Waals surface area (Å²) in [4.78, 5) is 108. The molecule has 2 saturated heterocycles. The first-order valence-corrected chi connectivity index (χ1v) is 26.2. The number of aromatic amines is 1. The maximum absolute atomic E-state index is 15.3. The van der Waals surface area contributed by atoms with Gasteiger partial charge in [-0.1, -0.05) is 121 Å². The van der Waals surface area contributed by atoms with Crippen molar-refractivity contribution in [1.29, 1.82) is 0 Å². The summed E-state index contributed by atoms with van der Waals surface area (Å²) in [6.45, 7) is 0.643. The number of fused-ring (bicyclic) bond motifs is 2. The zero-order valence-electron chi connectivity index (χ0n) is 42.9. The van der Waals surface area contributed by atoms with E-state index in [0.29, 0.717) is 47.4 Å². The number of Topliss-reactive ketones (excluding diaryl/α,β-unsaturated/α-hetero) is 1. The first-order valence-electron chi connectivity index (χ1n) is 26.2. The highest BCUT2D eigenvalue weighted by molar-refractivity contribution is 6.00. The number of para-hydroxylation sites is 2. The average molecular weight is 1050 g/mol. The molecule has 0 radical (unpaired) electrons. The minimum Gasteiger partial charge on any atom is -0.489 e. The van der Waals surface area contributed by atoms with Gasteiger partial charge >= 0.3 is 6.09 Å². The molecule has 77 heavy (non-hydrogen) atoms. The molecule has 3 heterocycles. The molecule has 7 atom stereocenters. The lowest BCUT2D eigenvalue weighted by Crippen LogP contribution is -2.60. The Morgan fingerprint density at radius 2 is 1.19 bits per heavy atom. The van der Waals surface area contributed by atoms with Gasteiger partial charge in [0.25, 0.3) is 0 Å². The van der Waals surface area contributed by atoms with Crippen LogP contribution in [0.1, 0.15) is 65.8 Å². The molecule has 5 aromatic carbocycles. The van der Waals surface area contributed by atoms with Gasteiger partial charge in [-0.25, -0.2) is 4.79 Å². The van der Waals surface area contributed by atoms with Crippen molar-refractivity contribution in [2.45, 2.75) is 100 Å². The monoisotopic (exact) mass is 1050 g/mol. The van der Waals surface area contributed by atoms with Crippen LogP contribution in [0.2, 0.25) is 0 Å². The second kappa shape index (κ2) is 26.9. The van der Waals surface area contributed by atoms with Gasteiger partial charge in [0.1, 0.15) is 42.6 Å². The minimum absolute atomic E-state index is 0.00938. The molecule has 2 aliphatic heterocycles. The van der Waals surface area contributed by atoms with E-state index in [9.17, 15) is 19.2 Å². The summed E-state index contributed by atoms with van der Waals surface area (Å²) in [5.74, 6) is -4.32. The van der Waals surface area contributed by atoms with Crippen molar-refractivity contribution < 1.29 is 43.0 Å². The SMILES string of the molecule is NCCCC[C@@H]1NC(=O)[C@@H](Cc2c[nH]c3ccccc23)NC(=O)[C@H](c2ccccc2)CC(=O)[C@@H]2C[C@@H](OC(=O)NCCN)CN2C(=O)[C@H](Cc2ccccc2)NC(=O)[C@H](Cc2ccc(COc3ccccc3)cc2)NC1=O. The molecule has 1 aromatic heterocycles. The summed E-state index contributed by atoms with van der Waals surface area (Å²) in [7, 11) is 0. The van der Waals surface area contributed by atoms with Gasteiger partial charge in [0.15, 0.2) is 5.78 Å². The van der Waals surface area contributed by atoms with Gasteiger partial charge < -0.3 is 57.4 Å². The van der Waals surface area contributed by atoms with Crippen LogP contribution in [0.4, 0.5) is 4.79 Å². The summed E-state index contributed by atoms with van der Waals surface area (Å²) < 4.78 is 11.7. The van der Waals surface area contributed by atoms with Gasteiger partial charge in [-0.15, -0.1) is 0 Å². The Morgan fingerprint density at radius 3 is 1.91 bits per heavy atom. The van der Waals surface area contributed by atoms with Gasteiger partial charge in [-0.3, -0.25) is 28.8 Å². The number of alkyl carbamates (subject to hydrolysis) is 1. The lowest BCUT2D eigenvalue weighted by atomic mass is 9.89. The molecule has 2 fully saturated rings. The molecule has 18 nitrogen and oxygen atoms in total. The molecule has 6 amide bonds. The van der Waals surface area contributed by atoms with Crippen molar-refractivity contribution in [3.63, 3.8) is 0 Å². The Bertz CT molecular complexity index is 2960. The molecule has 8 rings (SSSR count). The Hall–Kier alpha value is -8.35. The van der Waals surface area contributed by atoms with Gasteiger partial charge in [0.05, 0.1) is 18.5 Å². The van der Waals surface area contributed by atoms with E-state index < -0.39 is 90.1 Å². The summed E-state index contributed by atoms with van der Waals surface area (Å²) >= 11 is 0. The van der Waals surface area contributed by atoms with E-state index in [1.165, 1.54) is 4.90 Å². The number of benzene rings is 5. The first-order chi connectivity index (χ1) is 37.5. The van der Waals surface area contributed by atoms with E-state index in [1.807, 2.05) is 84.9 Å². The fourth-order valence-electron chi connectivity index (χ4n) is 9.91. The molecule has 0 aliphatic carbocycles. The fourth-order valence-corrected chi connectivity index (χ4v) is 9.91. The number of ether oxygens (including phenoxy) is 2. The first kappa shape index (κ1) is 54.9. The van der Waals surface area contributed by atoms with Crippen molar-refractivity contribution in [3.8, 4) is 5.75 Å².